The van der Waals surface area contributed by atoms with Crippen molar-refractivity contribution in [3.05, 3.63) is 29.3 Å². The normalized spacial score (nSPS) is 12.1. The lowest BCUT2D eigenvalue weighted by molar-refractivity contribution is 0.471. The smallest absolute Gasteiger partial charge is 0.118 e. The molecule has 1 aromatic carbocycles. The Morgan fingerprint density at radius 1 is 1.62 bits per heavy atom. The highest BCUT2D eigenvalue weighted by Crippen LogP contribution is 2.17. The Kier molecular flexibility index (Phi) is 2.88. The average Bonchev–Trinajstić information content (AvgIpc) is 2.11. The number of phenols is 1. The number of phenolic OH excluding ortho intramolecular Hbond substituents is 1. The number of nitrogens with two attached hydrogens (primary N) is 1. The van der Waals surface area contributed by atoms with E-state index in [4.69, 9.17) is 11.0 Å². The van der Waals surface area contributed by atoms with Crippen LogP contribution < -0.4 is 5.73 Å². The summed E-state index contributed by atoms with van der Waals surface area (Å²) in [6.45, 7) is 1.82. The highest BCUT2D eigenvalue weighted by molar-refractivity contribution is 5.35. The van der Waals surface area contributed by atoms with Crippen molar-refractivity contribution in [2.24, 2.45) is 5.73 Å². The summed E-state index contributed by atoms with van der Waals surface area (Å²) in [6, 6.07) is 6.73. The Bertz CT molecular complexity index is 341. The zero-order valence-corrected chi connectivity index (χ0v) is 7.49. The first-order chi connectivity index (χ1) is 6.13. The molecule has 0 fully saturated rings. The molecular weight excluding hydrogens is 164 g/mol. The van der Waals surface area contributed by atoms with E-state index in [1.807, 2.05) is 19.1 Å². The van der Waals surface area contributed by atoms with E-state index in [9.17, 15) is 5.11 Å². The second kappa shape index (κ2) is 3.92. The lowest BCUT2D eigenvalue weighted by Gasteiger charge is -2.05. The predicted molar refractivity (Wildman–Crippen MR) is 50.1 cm³/mol. The minimum absolute atomic E-state index is 0.272. The number of rotatable bonds is 2. The van der Waals surface area contributed by atoms with Gasteiger partial charge >= 0.3 is 0 Å². The molecule has 1 unspecified atom stereocenters. The average molecular weight is 176 g/mol. The van der Waals surface area contributed by atoms with Gasteiger partial charge in [-0.15, -0.1) is 0 Å². The maximum absolute atomic E-state index is 9.24. The molecule has 0 saturated heterocycles. The first-order valence-electron chi connectivity index (χ1n) is 4.07. The molecule has 1 aromatic rings. The molecule has 3 nitrogen and oxygen atoms in total. The zero-order chi connectivity index (χ0) is 9.84. The van der Waals surface area contributed by atoms with Gasteiger partial charge < -0.3 is 10.8 Å². The Morgan fingerprint density at radius 3 is 2.85 bits per heavy atom. The quantitative estimate of drug-likeness (QED) is 0.708. The van der Waals surface area contributed by atoms with Gasteiger partial charge in [-0.3, -0.25) is 0 Å². The van der Waals surface area contributed by atoms with Crippen LogP contribution in [0.3, 0.4) is 0 Å². The van der Waals surface area contributed by atoms with Crippen LogP contribution >= 0.6 is 0 Å². The van der Waals surface area contributed by atoms with Crippen molar-refractivity contribution in [2.75, 3.05) is 0 Å². The second-order valence-electron chi connectivity index (χ2n) is 3.06. The van der Waals surface area contributed by atoms with Crippen LogP contribution in [-0.4, -0.2) is 11.1 Å². The van der Waals surface area contributed by atoms with E-state index >= 15 is 0 Å². The molecule has 0 amide bonds. The summed E-state index contributed by atoms with van der Waals surface area (Å²) >= 11 is 0. The van der Waals surface area contributed by atoms with Gasteiger partial charge in [0.1, 0.15) is 5.75 Å². The first-order valence-corrected chi connectivity index (χ1v) is 4.07. The van der Waals surface area contributed by atoms with Gasteiger partial charge in [-0.05, 0) is 24.1 Å². The lowest BCUT2D eigenvalue weighted by Crippen LogP contribution is -2.19. The summed E-state index contributed by atoms with van der Waals surface area (Å²) in [6.07, 6.45) is 0.525. The number of nitrogens with zero attached hydrogens (tertiary/aromatic N) is 1. The minimum atomic E-state index is -0.469. The Morgan fingerprint density at radius 2 is 2.31 bits per heavy atom. The highest BCUT2D eigenvalue weighted by Gasteiger charge is 2.03. The fourth-order valence-electron chi connectivity index (χ4n) is 1.14. The molecule has 0 radical (unpaired) electrons. The summed E-state index contributed by atoms with van der Waals surface area (Å²) in [7, 11) is 0. The summed E-state index contributed by atoms with van der Waals surface area (Å²) in [5.74, 6) is 0.272. The van der Waals surface area contributed by atoms with Crippen molar-refractivity contribution < 1.29 is 5.11 Å². The molecule has 0 saturated carbocycles. The molecule has 0 aromatic heterocycles. The van der Waals surface area contributed by atoms with Crippen LogP contribution in [-0.2, 0) is 6.42 Å². The molecule has 13 heavy (non-hydrogen) atoms. The van der Waals surface area contributed by atoms with Crippen molar-refractivity contribution in [3.8, 4) is 11.8 Å². The van der Waals surface area contributed by atoms with Crippen LogP contribution in [0.15, 0.2) is 18.2 Å². The molecule has 1 rings (SSSR count). The molecule has 0 spiro atoms. The van der Waals surface area contributed by atoms with Gasteiger partial charge in [0.15, 0.2) is 0 Å². The Labute approximate surface area is 77.4 Å². The number of aryl methyl sites for hydroxylation is 1. The van der Waals surface area contributed by atoms with Gasteiger partial charge in [0.25, 0.3) is 0 Å². The van der Waals surface area contributed by atoms with E-state index in [1.54, 1.807) is 12.1 Å². The second-order valence-corrected chi connectivity index (χ2v) is 3.06. The van der Waals surface area contributed by atoms with Crippen molar-refractivity contribution in [1.29, 1.82) is 5.26 Å². The minimum Gasteiger partial charge on any atom is -0.508 e. The van der Waals surface area contributed by atoms with Gasteiger partial charge in [0, 0.05) is 6.42 Å². The molecule has 3 heteroatoms. The first kappa shape index (κ1) is 9.56. The topological polar surface area (TPSA) is 70.0 Å². The van der Waals surface area contributed by atoms with Gasteiger partial charge in [0.05, 0.1) is 12.1 Å². The summed E-state index contributed by atoms with van der Waals surface area (Å²) in [5, 5.41) is 17.7. The lowest BCUT2D eigenvalue weighted by atomic mass is 10.0. The molecule has 3 N–H and O–H groups in total. The van der Waals surface area contributed by atoms with Gasteiger partial charge in [-0.25, -0.2) is 0 Å². The fraction of sp³-hybridized carbons (Fsp3) is 0.300. The molecule has 68 valence electrons. The van der Waals surface area contributed by atoms with Crippen LogP contribution in [0.2, 0.25) is 0 Å². The number of aromatic hydroxyl groups is 1. The largest absolute Gasteiger partial charge is 0.508 e. The fourth-order valence-corrected chi connectivity index (χ4v) is 1.14. The number of hydrogen-bond acceptors (Lipinski definition) is 3. The van der Waals surface area contributed by atoms with E-state index in [0.717, 1.165) is 11.1 Å². The molecular formula is C10H12N2O. The van der Waals surface area contributed by atoms with Gasteiger partial charge in [-0.2, -0.15) is 5.26 Å². The molecule has 0 aliphatic heterocycles. The zero-order valence-electron chi connectivity index (χ0n) is 7.49. The molecule has 0 bridgehead atoms. The predicted octanol–water partition coefficient (Wildman–Crippen LogP) is 1.09. The number of hydrogen-bond donors (Lipinski definition) is 2. The Hall–Kier alpha value is -1.53. The molecule has 0 aliphatic rings. The van der Waals surface area contributed by atoms with Crippen molar-refractivity contribution >= 4 is 0 Å². The maximum atomic E-state index is 9.24. The maximum Gasteiger partial charge on any atom is 0.118 e. The third kappa shape index (κ3) is 2.46. The Balaban J connectivity index is 2.81. The van der Waals surface area contributed by atoms with Crippen LogP contribution in [0.25, 0.3) is 0 Å². The third-order valence-corrected chi connectivity index (χ3v) is 1.88. The van der Waals surface area contributed by atoms with Crippen molar-refractivity contribution in [2.45, 2.75) is 19.4 Å². The van der Waals surface area contributed by atoms with Crippen molar-refractivity contribution in [1.82, 2.24) is 0 Å². The van der Waals surface area contributed by atoms with Crippen molar-refractivity contribution in [3.63, 3.8) is 0 Å². The molecule has 0 heterocycles. The number of benzene rings is 1. The standard InChI is InChI=1S/C10H12N2O/c1-7-4-8(2-3-10(7)13)5-9(12)6-11/h2-4,9,13H,5,12H2,1H3. The van der Waals surface area contributed by atoms with E-state index in [-0.39, 0.29) is 5.75 Å². The van der Waals surface area contributed by atoms with Gasteiger partial charge in [0.2, 0.25) is 0 Å². The van der Waals surface area contributed by atoms with Crippen LogP contribution in [0, 0.1) is 18.3 Å². The highest BCUT2D eigenvalue weighted by atomic mass is 16.3. The number of nitriles is 1. The summed E-state index contributed by atoms with van der Waals surface area (Å²) in [4.78, 5) is 0. The van der Waals surface area contributed by atoms with Crippen LogP contribution in [0.5, 0.6) is 5.75 Å². The van der Waals surface area contributed by atoms with Crippen LogP contribution in [0.4, 0.5) is 0 Å². The van der Waals surface area contributed by atoms with E-state index in [1.165, 1.54) is 0 Å². The SMILES string of the molecule is Cc1cc(CC(N)C#N)ccc1O. The third-order valence-electron chi connectivity index (χ3n) is 1.88. The van der Waals surface area contributed by atoms with Crippen LogP contribution in [0.1, 0.15) is 11.1 Å². The van der Waals surface area contributed by atoms with E-state index in [2.05, 4.69) is 0 Å². The van der Waals surface area contributed by atoms with Gasteiger partial charge in [-0.1, -0.05) is 12.1 Å². The van der Waals surface area contributed by atoms with E-state index < -0.39 is 6.04 Å². The summed E-state index contributed by atoms with van der Waals surface area (Å²) in [5.41, 5.74) is 7.25. The molecule has 1 atom stereocenters. The summed E-state index contributed by atoms with van der Waals surface area (Å²) < 4.78 is 0. The molecule has 0 aliphatic carbocycles. The van der Waals surface area contributed by atoms with E-state index in [0.29, 0.717) is 6.42 Å². The monoisotopic (exact) mass is 176 g/mol.